The van der Waals surface area contributed by atoms with Crippen LogP contribution in [0.1, 0.15) is 60.1 Å². The molecule has 1 aliphatic heterocycles. The zero-order valence-corrected chi connectivity index (χ0v) is 19.7. The van der Waals surface area contributed by atoms with Crippen LogP contribution in [0.4, 0.5) is 0 Å². The number of amides is 1. The molecule has 31 heavy (non-hydrogen) atoms. The fourth-order valence-corrected chi connectivity index (χ4v) is 5.13. The van der Waals surface area contributed by atoms with Gasteiger partial charge in [-0.15, -0.1) is 0 Å². The van der Waals surface area contributed by atoms with Gasteiger partial charge in [-0.05, 0) is 74.4 Å². The summed E-state index contributed by atoms with van der Waals surface area (Å²) in [6.07, 6.45) is 8.73. The van der Waals surface area contributed by atoms with Crippen LogP contribution >= 0.6 is 23.2 Å². The summed E-state index contributed by atoms with van der Waals surface area (Å²) in [7, 11) is 2.07. The lowest BCUT2D eigenvalue weighted by Crippen LogP contribution is -2.28. The van der Waals surface area contributed by atoms with E-state index in [2.05, 4.69) is 23.7 Å². The van der Waals surface area contributed by atoms with Gasteiger partial charge in [-0.1, -0.05) is 48.2 Å². The van der Waals surface area contributed by atoms with Crippen molar-refractivity contribution in [2.45, 2.75) is 51.4 Å². The molecule has 0 radical (unpaired) electrons. The van der Waals surface area contributed by atoms with Crippen molar-refractivity contribution in [2.24, 2.45) is 7.05 Å². The molecule has 4 rings (SSSR count). The second-order valence-corrected chi connectivity index (χ2v) is 9.46. The van der Waals surface area contributed by atoms with Gasteiger partial charge in [0.2, 0.25) is 0 Å². The summed E-state index contributed by atoms with van der Waals surface area (Å²) in [5.41, 5.74) is 4.39. The minimum atomic E-state index is 0.168. The van der Waals surface area contributed by atoms with E-state index >= 15 is 0 Å². The number of halogens is 2. The highest BCUT2D eigenvalue weighted by Gasteiger charge is 2.26. The average Bonchev–Trinajstić information content (AvgIpc) is 3.37. The Morgan fingerprint density at radius 3 is 2.35 bits per heavy atom. The minimum absolute atomic E-state index is 0.168. The van der Waals surface area contributed by atoms with Crippen molar-refractivity contribution in [1.82, 2.24) is 9.47 Å². The summed E-state index contributed by atoms with van der Waals surface area (Å²) in [6.45, 7) is 1.72. The molecule has 0 unspecified atom stereocenters. The van der Waals surface area contributed by atoms with Crippen molar-refractivity contribution >= 4 is 40.0 Å². The maximum absolute atomic E-state index is 13.4. The molecule has 0 aliphatic carbocycles. The number of hydrogen-bond acceptors (Lipinski definition) is 1. The lowest BCUT2D eigenvalue weighted by molar-refractivity contribution is 0.0793. The van der Waals surface area contributed by atoms with E-state index in [1.807, 2.05) is 35.2 Å². The number of hydrogen-bond donors (Lipinski definition) is 0. The molecule has 5 heteroatoms. The lowest BCUT2D eigenvalue weighted by Gasteiger charge is -2.16. The molecular weight excluding hydrogens is 427 g/mol. The average molecular weight is 457 g/mol. The van der Waals surface area contributed by atoms with Crippen LogP contribution in [0.3, 0.4) is 0 Å². The van der Waals surface area contributed by atoms with Crippen LogP contribution in [0, 0.1) is 0 Å². The largest absolute Gasteiger partial charge is 0.347 e. The van der Waals surface area contributed by atoms with Gasteiger partial charge in [0.25, 0.3) is 5.91 Å². The zero-order chi connectivity index (χ0) is 21.8. The highest BCUT2D eigenvalue weighted by molar-refractivity contribution is 6.31. The first kappa shape index (κ1) is 22.2. The summed E-state index contributed by atoms with van der Waals surface area (Å²) in [6, 6.07) is 14.0. The highest BCUT2D eigenvalue weighted by Crippen LogP contribution is 2.31. The normalized spacial score (nSPS) is 14.0. The third-order valence-electron chi connectivity index (χ3n) is 6.41. The van der Waals surface area contributed by atoms with Gasteiger partial charge in [-0.3, -0.25) is 4.79 Å². The van der Waals surface area contributed by atoms with E-state index in [0.717, 1.165) is 85.2 Å². The molecule has 3 nitrogen and oxygen atoms in total. The first-order valence-corrected chi connectivity index (χ1v) is 12.1. The molecule has 2 heterocycles. The van der Waals surface area contributed by atoms with E-state index in [9.17, 15) is 4.79 Å². The van der Waals surface area contributed by atoms with Crippen molar-refractivity contribution in [3.8, 4) is 0 Å². The molecule has 1 saturated heterocycles. The molecule has 3 aromatic rings. The standard InChI is InChI=1S/C26H30Cl2N2O/c1-29-23-14-13-21(28)18-22(23)25(26(31)30-15-6-7-16-30)24(29)12-5-3-2-4-9-19-10-8-11-20(27)17-19/h8,10-11,13-14,17-18H,2-7,9,12,15-16H2,1H3. The number of nitrogens with zero attached hydrogens (tertiary/aromatic N) is 2. The van der Waals surface area contributed by atoms with Crippen molar-refractivity contribution in [3.05, 3.63) is 69.3 Å². The number of rotatable bonds is 8. The number of carbonyl (C=O) groups excluding carboxylic acids is 1. The fourth-order valence-electron chi connectivity index (χ4n) is 4.75. The van der Waals surface area contributed by atoms with E-state index in [1.54, 1.807) is 0 Å². The van der Waals surface area contributed by atoms with E-state index in [4.69, 9.17) is 23.2 Å². The molecule has 1 aliphatic rings. The number of fused-ring (bicyclic) bond motifs is 1. The van der Waals surface area contributed by atoms with Crippen molar-refractivity contribution in [1.29, 1.82) is 0 Å². The zero-order valence-electron chi connectivity index (χ0n) is 18.2. The molecule has 1 fully saturated rings. The molecule has 2 aromatic carbocycles. The third-order valence-corrected chi connectivity index (χ3v) is 6.88. The molecule has 0 atom stereocenters. The molecule has 164 valence electrons. The molecule has 0 spiro atoms. The number of unbranched alkanes of at least 4 members (excludes halogenated alkanes) is 3. The second kappa shape index (κ2) is 10.1. The van der Waals surface area contributed by atoms with Crippen LogP contribution in [-0.4, -0.2) is 28.5 Å². The van der Waals surface area contributed by atoms with Crippen LogP contribution in [0.5, 0.6) is 0 Å². The fraction of sp³-hybridized carbons (Fsp3) is 0.423. The van der Waals surface area contributed by atoms with E-state index in [-0.39, 0.29) is 5.91 Å². The summed E-state index contributed by atoms with van der Waals surface area (Å²) >= 11 is 12.4. The maximum Gasteiger partial charge on any atom is 0.256 e. The third kappa shape index (κ3) is 5.10. The van der Waals surface area contributed by atoms with Gasteiger partial charge in [-0.25, -0.2) is 0 Å². The SMILES string of the molecule is Cn1c(CCCCCCc2cccc(Cl)c2)c(C(=O)N2CCCC2)c2cc(Cl)ccc21. The van der Waals surface area contributed by atoms with Crippen molar-refractivity contribution in [3.63, 3.8) is 0 Å². The Bertz CT molecular complexity index is 1070. The predicted octanol–water partition coefficient (Wildman–Crippen LogP) is 7.07. The quantitative estimate of drug-likeness (QED) is 0.332. The maximum atomic E-state index is 13.4. The Hall–Kier alpha value is -1.97. The van der Waals surface area contributed by atoms with Crippen LogP contribution in [0.2, 0.25) is 10.0 Å². The Labute approximate surface area is 194 Å². The summed E-state index contributed by atoms with van der Waals surface area (Å²) in [5.74, 6) is 0.168. The number of aromatic nitrogens is 1. The van der Waals surface area contributed by atoms with Crippen LogP contribution in [-0.2, 0) is 19.9 Å². The Balaban J connectivity index is 1.43. The number of benzene rings is 2. The van der Waals surface area contributed by atoms with Gasteiger partial charge in [0.1, 0.15) is 0 Å². The minimum Gasteiger partial charge on any atom is -0.347 e. The Kier molecular flexibility index (Phi) is 7.24. The van der Waals surface area contributed by atoms with Gasteiger partial charge in [-0.2, -0.15) is 0 Å². The first-order chi connectivity index (χ1) is 15.0. The van der Waals surface area contributed by atoms with Gasteiger partial charge in [0.05, 0.1) is 5.56 Å². The van der Waals surface area contributed by atoms with Gasteiger partial charge >= 0.3 is 0 Å². The van der Waals surface area contributed by atoms with Gasteiger partial charge < -0.3 is 9.47 Å². The number of carbonyl (C=O) groups is 1. The molecular formula is C26H30Cl2N2O. The molecule has 1 amide bonds. The first-order valence-electron chi connectivity index (χ1n) is 11.3. The van der Waals surface area contributed by atoms with E-state index in [0.29, 0.717) is 5.02 Å². The summed E-state index contributed by atoms with van der Waals surface area (Å²) in [5, 5.41) is 2.48. The topological polar surface area (TPSA) is 25.2 Å². The monoisotopic (exact) mass is 456 g/mol. The lowest BCUT2D eigenvalue weighted by atomic mass is 10.0. The van der Waals surface area contributed by atoms with E-state index in [1.165, 1.54) is 12.0 Å². The van der Waals surface area contributed by atoms with Crippen LogP contribution < -0.4 is 0 Å². The Morgan fingerprint density at radius 2 is 1.61 bits per heavy atom. The van der Waals surface area contributed by atoms with E-state index < -0.39 is 0 Å². The highest BCUT2D eigenvalue weighted by atomic mass is 35.5. The predicted molar refractivity (Wildman–Crippen MR) is 130 cm³/mol. The second-order valence-electron chi connectivity index (χ2n) is 8.59. The Morgan fingerprint density at radius 1 is 0.903 bits per heavy atom. The molecule has 0 saturated carbocycles. The number of aryl methyl sites for hydroxylation is 2. The molecule has 0 N–H and O–H groups in total. The van der Waals surface area contributed by atoms with Crippen molar-refractivity contribution < 1.29 is 4.79 Å². The van der Waals surface area contributed by atoms with Gasteiger partial charge in [0.15, 0.2) is 0 Å². The number of likely N-dealkylation sites (tertiary alicyclic amines) is 1. The smallest absolute Gasteiger partial charge is 0.256 e. The van der Waals surface area contributed by atoms with Crippen LogP contribution in [0.15, 0.2) is 42.5 Å². The molecule has 0 bridgehead atoms. The van der Waals surface area contributed by atoms with Crippen LogP contribution in [0.25, 0.3) is 10.9 Å². The van der Waals surface area contributed by atoms with Crippen molar-refractivity contribution in [2.75, 3.05) is 13.1 Å². The summed E-state index contributed by atoms with van der Waals surface area (Å²) < 4.78 is 2.20. The van der Waals surface area contributed by atoms with Gasteiger partial charge in [0, 0.05) is 46.8 Å². The molecule has 1 aromatic heterocycles. The summed E-state index contributed by atoms with van der Waals surface area (Å²) in [4.78, 5) is 15.4.